The highest BCUT2D eigenvalue weighted by Gasteiger charge is 2.19. The van der Waals surface area contributed by atoms with Gasteiger partial charge in [-0.3, -0.25) is 4.79 Å². The lowest BCUT2D eigenvalue weighted by molar-refractivity contribution is -0.123. The number of ether oxygens (including phenoxy) is 1. The second-order valence-electron chi connectivity index (χ2n) is 4.24. The summed E-state index contributed by atoms with van der Waals surface area (Å²) < 4.78 is 5.24. The van der Waals surface area contributed by atoms with E-state index in [1.807, 2.05) is 24.3 Å². The summed E-state index contributed by atoms with van der Waals surface area (Å²) in [6.45, 7) is 2.90. The van der Waals surface area contributed by atoms with E-state index in [2.05, 4.69) is 16.0 Å². The van der Waals surface area contributed by atoms with Crippen molar-refractivity contribution >= 4 is 5.91 Å². The highest BCUT2D eigenvalue weighted by Crippen LogP contribution is 2.16. The molecule has 0 aromatic heterocycles. The van der Waals surface area contributed by atoms with Gasteiger partial charge in [-0.15, -0.1) is 0 Å². The fourth-order valence-corrected chi connectivity index (χ4v) is 1.99. The lowest BCUT2D eigenvalue weighted by Crippen LogP contribution is -2.55. The maximum absolute atomic E-state index is 11.9. The molecule has 1 fully saturated rings. The monoisotopic (exact) mass is 249 g/mol. The predicted molar refractivity (Wildman–Crippen MR) is 69.5 cm³/mol. The molecular weight excluding hydrogens is 230 g/mol. The van der Waals surface area contributed by atoms with E-state index in [0.717, 1.165) is 24.4 Å². The van der Waals surface area contributed by atoms with Crippen molar-refractivity contribution in [1.82, 2.24) is 16.0 Å². The molecule has 98 valence electrons. The van der Waals surface area contributed by atoms with Gasteiger partial charge in [0.25, 0.3) is 0 Å². The van der Waals surface area contributed by atoms with E-state index in [4.69, 9.17) is 4.74 Å². The van der Waals surface area contributed by atoms with Crippen molar-refractivity contribution in [2.24, 2.45) is 0 Å². The number of carbonyl (C=O) groups is 1. The highest BCUT2D eigenvalue weighted by molar-refractivity contribution is 5.82. The number of rotatable bonds is 4. The van der Waals surface area contributed by atoms with E-state index < -0.39 is 0 Å². The molecule has 0 saturated carbocycles. The van der Waals surface area contributed by atoms with Gasteiger partial charge in [-0.2, -0.15) is 0 Å². The van der Waals surface area contributed by atoms with Crippen LogP contribution >= 0.6 is 0 Å². The largest absolute Gasteiger partial charge is 0.496 e. The van der Waals surface area contributed by atoms with Gasteiger partial charge >= 0.3 is 0 Å². The molecule has 1 amide bonds. The molecule has 0 radical (unpaired) electrons. The second-order valence-corrected chi connectivity index (χ2v) is 4.24. The van der Waals surface area contributed by atoms with Crippen LogP contribution in [0.15, 0.2) is 24.3 Å². The average Bonchev–Trinajstić information content (AvgIpc) is 2.46. The molecule has 18 heavy (non-hydrogen) atoms. The zero-order valence-corrected chi connectivity index (χ0v) is 10.5. The minimum atomic E-state index is -0.145. The van der Waals surface area contributed by atoms with E-state index in [-0.39, 0.29) is 11.9 Å². The molecule has 1 aromatic carbocycles. The Bertz CT molecular complexity index is 403. The number of piperazine rings is 1. The minimum Gasteiger partial charge on any atom is -0.496 e. The van der Waals surface area contributed by atoms with Crippen molar-refractivity contribution in [3.63, 3.8) is 0 Å². The average molecular weight is 249 g/mol. The Morgan fingerprint density at radius 3 is 3.00 bits per heavy atom. The van der Waals surface area contributed by atoms with Gasteiger partial charge in [0.15, 0.2) is 0 Å². The van der Waals surface area contributed by atoms with E-state index in [1.54, 1.807) is 7.11 Å². The van der Waals surface area contributed by atoms with Crippen molar-refractivity contribution in [3.05, 3.63) is 29.8 Å². The first kappa shape index (κ1) is 12.9. The van der Waals surface area contributed by atoms with Crippen LogP contribution in [0.25, 0.3) is 0 Å². The summed E-state index contributed by atoms with van der Waals surface area (Å²) >= 11 is 0. The lowest BCUT2D eigenvalue weighted by Gasteiger charge is -2.23. The van der Waals surface area contributed by atoms with Crippen molar-refractivity contribution in [2.45, 2.75) is 12.6 Å². The Morgan fingerprint density at radius 1 is 1.44 bits per heavy atom. The van der Waals surface area contributed by atoms with Gasteiger partial charge in [0.1, 0.15) is 5.75 Å². The van der Waals surface area contributed by atoms with Crippen molar-refractivity contribution in [3.8, 4) is 5.75 Å². The number of carbonyl (C=O) groups excluding carboxylic acids is 1. The fraction of sp³-hybridized carbons (Fsp3) is 0.462. The normalized spacial score (nSPS) is 19.3. The maximum Gasteiger partial charge on any atom is 0.238 e. The first-order chi connectivity index (χ1) is 8.81. The zero-order valence-electron chi connectivity index (χ0n) is 10.5. The van der Waals surface area contributed by atoms with Crippen LogP contribution in [0.1, 0.15) is 5.56 Å². The van der Waals surface area contributed by atoms with Crippen molar-refractivity contribution < 1.29 is 9.53 Å². The quantitative estimate of drug-likeness (QED) is 0.696. The van der Waals surface area contributed by atoms with Crippen LogP contribution in [0, 0.1) is 0 Å². The topological polar surface area (TPSA) is 62.4 Å². The first-order valence-electron chi connectivity index (χ1n) is 6.15. The van der Waals surface area contributed by atoms with Crippen LogP contribution in [0.2, 0.25) is 0 Å². The summed E-state index contributed by atoms with van der Waals surface area (Å²) in [6, 6.07) is 7.54. The van der Waals surface area contributed by atoms with E-state index in [1.165, 1.54) is 0 Å². The molecule has 2 rings (SSSR count). The van der Waals surface area contributed by atoms with Crippen LogP contribution in [-0.4, -0.2) is 38.7 Å². The lowest BCUT2D eigenvalue weighted by atomic mass is 10.2. The summed E-state index contributed by atoms with van der Waals surface area (Å²) in [7, 11) is 1.63. The molecule has 3 N–H and O–H groups in total. The molecule has 0 bridgehead atoms. The van der Waals surface area contributed by atoms with E-state index >= 15 is 0 Å². The smallest absolute Gasteiger partial charge is 0.238 e. The van der Waals surface area contributed by atoms with Gasteiger partial charge in [0, 0.05) is 31.7 Å². The van der Waals surface area contributed by atoms with Crippen LogP contribution < -0.4 is 20.7 Å². The van der Waals surface area contributed by atoms with Crippen LogP contribution in [0.3, 0.4) is 0 Å². The summed E-state index contributed by atoms with van der Waals surface area (Å²) in [5, 5.41) is 9.29. The molecule has 0 spiro atoms. The molecule has 1 aliphatic heterocycles. The number of methoxy groups -OCH3 is 1. The zero-order chi connectivity index (χ0) is 12.8. The van der Waals surface area contributed by atoms with Gasteiger partial charge in [0.2, 0.25) is 5.91 Å². The molecule has 1 atom stereocenters. The summed E-state index contributed by atoms with van der Waals surface area (Å²) in [6.07, 6.45) is 0. The Morgan fingerprint density at radius 2 is 2.28 bits per heavy atom. The van der Waals surface area contributed by atoms with Crippen LogP contribution in [-0.2, 0) is 11.3 Å². The Kier molecular flexibility index (Phi) is 4.55. The Hall–Kier alpha value is -1.59. The Balaban J connectivity index is 1.88. The van der Waals surface area contributed by atoms with Crippen molar-refractivity contribution in [2.75, 3.05) is 26.7 Å². The maximum atomic E-state index is 11.9. The fourth-order valence-electron chi connectivity index (χ4n) is 1.99. The number of nitrogens with one attached hydrogen (secondary N) is 3. The number of hydrogen-bond acceptors (Lipinski definition) is 4. The molecule has 5 heteroatoms. The first-order valence-corrected chi connectivity index (χ1v) is 6.15. The predicted octanol–water partition coefficient (Wildman–Crippen LogP) is -0.127. The molecule has 1 unspecified atom stereocenters. The summed E-state index contributed by atoms with van der Waals surface area (Å²) in [4.78, 5) is 11.9. The van der Waals surface area contributed by atoms with Gasteiger partial charge < -0.3 is 20.7 Å². The Labute approximate surface area is 107 Å². The van der Waals surface area contributed by atoms with Gasteiger partial charge in [-0.1, -0.05) is 18.2 Å². The standard InChI is InChI=1S/C13H19N3O2/c1-18-12-5-3-2-4-10(12)8-16-13(17)11-9-14-6-7-15-11/h2-5,11,14-15H,6-9H2,1H3,(H,16,17). The van der Waals surface area contributed by atoms with Gasteiger partial charge in [-0.25, -0.2) is 0 Å². The van der Waals surface area contributed by atoms with Gasteiger partial charge in [-0.05, 0) is 6.07 Å². The van der Waals surface area contributed by atoms with Crippen LogP contribution in [0.4, 0.5) is 0 Å². The highest BCUT2D eigenvalue weighted by atomic mass is 16.5. The second kappa shape index (κ2) is 6.37. The third-order valence-corrected chi connectivity index (χ3v) is 3.00. The van der Waals surface area contributed by atoms with Crippen LogP contribution in [0.5, 0.6) is 5.75 Å². The summed E-state index contributed by atoms with van der Waals surface area (Å²) in [5.41, 5.74) is 0.983. The molecule has 1 aromatic rings. The molecule has 0 aliphatic carbocycles. The third kappa shape index (κ3) is 3.21. The van der Waals surface area contributed by atoms with E-state index in [9.17, 15) is 4.79 Å². The van der Waals surface area contributed by atoms with Crippen molar-refractivity contribution in [1.29, 1.82) is 0 Å². The molecule has 1 aliphatic rings. The SMILES string of the molecule is COc1ccccc1CNC(=O)C1CNCCN1. The number of benzene rings is 1. The number of para-hydroxylation sites is 1. The van der Waals surface area contributed by atoms with Gasteiger partial charge in [0.05, 0.1) is 13.2 Å². The third-order valence-electron chi connectivity index (χ3n) is 3.00. The summed E-state index contributed by atoms with van der Waals surface area (Å²) in [5.74, 6) is 0.820. The molecular formula is C13H19N3O2. The molecule has 1 saturated heterocycles. The molecule has 1 heterocycles. The molecule has 5 nitrogen and oxygen atoms in total. The number of amides is 1. The van der Waals surface area contributed by atoms with E-state index in [0.29, 0.717) is 13.1 Å². The minimum absolute atomic E-state index is 0.0214. The number of hydrogen-bond donors (Lipinski definition) is 3.